The van der Waals surface area contributed by atoms with Crippen LogP contribution in [-0.4, -0.2) is 10.3 Å². The van der Waals surface area contributed by atoms with Crippen molar-refractivity contribution in [3.63, 3.8) is 0 Å². The van der Waals surface area contributed by atoms with Crippen LogP contribution >= 0.6 is 27.7 Å². The molecule has 1 heterocycles. The molecule has 160 valence electrons. The molecular formula is C27H34BrNS. The Hall–Kier alpha value is -1.71. The summed E-state index contributed by atoms with van der Waals surface area (Å²) >= 11 is 5.51. The van der Waals surface area contributed by atoms with Gasteiger partial charge in [0.2, 0.25) is 0 Å². The summed E-state index contributed by atoms with van der Waals surface area (Å²) in [5.41, 5.74) is 5.04. The zero-order valence-corrected chi connectivity index (χ0v) is 21.5. The van der Waals surface area contributed by atoms with Gasteiger partial charge in [0.05, 0.1) is 11.0 Å². The van der Waals surface area contributed by atoms with Gasteiger partial charge in [-0.3, -0.25) is 0 Å². The minimum atomic E-state index is 1.10. The van der Waals surface area contributed by atoms with Crippen molar-refractivity contribution in [3.8, 4) is 5.69 Å². The van der Waals surface area contributed by atoms with E-state index in [2.05, 4.69) is 95.0 Å². The Bertz CT molecular complexity index is 1060. The topological polar surface area (TPSA) is 4.93 Å². The average Bonchev–Trinajstić information content (AvgIpc) is 3.10. The van der Waals surface area contributed by atoms with Crippen molar-refractivity contribution in [2.45, 2.75) is 59.3 Å². The van der Waals surface area contributed by atoms with E-state index in [9.17, 15) is 0 Å². The van der Waals surface area contributed by atoms with Gasteiger partial charge in [0, 0.05) is 25.8 Å². The molecule has 3 heteroatoms. The second kappa shape index (κ2) is 12.2. The van der Waals surface area contributed by atoms with Crippen molar-refractivity contribution >= 4 is 49.5 Å². The van der Waals surface area contributed by atoms with Gasteiger partial charge in [-0.25, -0.2) is 0 Å². The lowest BCUT2D eigenvalue weighted by Gasteiger charge is -2.08. The number of aryl methyl sites for hydroxylation is 1. The van der Waals surface area contributed by atoms with Gasteiger partial charge in [-0.2, -0.15) is 0 Å². The molecule has 4 aromatic rings. The number of nitrogens with zero attached hydrogens (tertiary/aromatic N) is 1. The van der Waals surface area contributed by atoms with Crippen LogP contribution in [0.1, 0.15) is 53.0 Å². The summed E-state index contributed by atoms with van der Waals surface area (Å²) in [7, 11) is 0. The van der Waals surface area contributed by atoms with Crippen molar-refractivity contribution in [2.75, 3.05) is 5.75 Å². The van der Waals surface area contributed by atoms with E-state index in [1.807, 2.05) is 39.5 Å². The van der Waals surface area contributed by atoms with Crippen molar-refractivity contribution in [1.82, 2.24) is 4.57 Å². The predicted octanol–water partition coefficient (Wildman–Crippen LogP) is 9.80. The number of thioether (sulfide) groups is 1. The van der Waals surface area contributed by atoms with Crippen LogP contribution in [0.4, 0.5) is 0 Å². The van der Waals surface area contributed by atoms with Crippen LogP contribution in [0.2, 0.25) is 0 Å². The molecule has 0 aliphatic rings. The van der Waals surface area contributed by atoms with E-state index in [0.29, 0.717) is 0 Å². The molecule has 0 saturated carbocycles. The predicted molar refractivity (Wildman–Crippen MR) is 142 cm³/mol. The molecule has 1 aromatic heterocycles. The van der Waals surface area contributed by atoms with Gasteiger partial charge in [-0.15, -0.1) is 11.8 Å². The van der Waals surface area contributed by atoms with Gasteiger partial charge >= 0.3 is 0 Å². The van der Waals surface area contributed by atoms with Gasteiger partial charge in [-0.1, -0.05) is 68.6 Å². The number of halogens is 1. The molecular weight excluding hydrogens is 450 g/mol. The molecule has 0 saturated heterocycles. The van der Waals surface area contributed by atoms with E-state index >= 15 is 0 Å². The zero-order chi connectivity index (χ0) is 22.1. The number of rotatable bonds is 5. The van der Waals surface area contributed by atoms with Gasteiger partial charge < -0.3 is 4.57 Å². The Balaban J connectivity index is 0.000000757. The maximum atomic E-state index is 3.55. The highest BCUT2D eigenvalue weighted by atomic mass is 79.9. The number of aromatic nitrogens is 1. The third kappa shape index (κ3) is 5.50. The average molecular weight is 485 g/mol. The molecule has 0 aliphatic heterocycles. The lowest BCUT2D eigenvalue weighted by atomic mass is 10.1. The summed E-state index contributed by atoms with van der Waals surface area (Å²) in [6.07, 6.45) is 2.51. The van der Waals surface area contributed by atoms with E-state index in [0.717, 1.165) is 4.47 Å². The first kappa shape index (κ1) is 24.6. The first-order chi connectivity index (χ1) is 14.7. The van der Waals surface area contributed by atoms with Crippen LogP contribution in [-0.2, 0) is 0 Å². The number of fused-ring (bicyclic) bond motifs is 3. The van der Waals surface area contributed by atoms with Crippen molar-refractivity contribution in [1.29, 1.82) is 0 Å². The SMILES string of the molecule is CC.CC.CCCCSc1ccc2c(c1)c1cc(C)ccc1n2-c1ccc(Br)cc1. The van der Waals surface area contributed by atoms with E-state index < -0.39 is 0 Å². The number of hydrogen-bond donors (Lipinski definition) is 0. The molecule has 0 amide bonds. The van der Waals surface area contributed by atoms with Crippen LogP contribution in [0.15, 0.2) is 70.0 Å². The first-order valence-corrected chi connectivity index (χ1v) is 12.9. The normalized spacial score (nSPS) is 10.4. The van der Waals surface area contributed by atoms with Gasteiger partial charge in [0.1, 0.15) is 0 Å². The molecule has 0 aliphatic carbocycles. The number of benzene rings is 3. The molecule has 1 nitrogen and oxygen atoms in total. The van der Waals surface area contributed by atoms with Crippen LogP contribution < -0.4 is 0 Å². The Morgan fingerprint density at radius 2 is 1.40 bits per heavy atom. The highest BCUT2D eigenvalue weighted by Gasteiger charge is 2.13. The van der Waals surface area contributed by atoms with Crippen molar-refractivity contribution < 1.29 is 0 Å². The summed E-state index contributed by atoms with van der Waals surface area (Å²) in [6, 6.07) is 22.2. The molecule has 3 aromatic carbocycles. The Kier molecular flexibility index (Phi) is 10.0. The third-order valence-electron chi connectivity index (χ3n) is 4.74. The zero-order valence-electron chi connectivity index (χ0n) is 19.1. The molecule has 0 radical (unpaired) electrons. The number of unbranched alkanes of at least 4 members (excludes halogenated alkanes) is 1. The smallest absolute Gasteiger partial charge is 0.0541 e. The largest absolute Gasteiger partial charge is 0.309 e. The van der Waals surface area contributed by atoms with Crippen LogP contribution in [0.5, 0.6) is 0 Å². The molecule has 0 unspecified atom stereocenters. The molecule has 0 fully saturated rings. The summed E-state index contributed by atoms with van der Waals surface area (Å²) < 4.78 is 3.48. The minimum Gasteiger partial charge on any atom is -0.309 e. The maximum absolute atomic E-state index is 3.55. The highest BCUT2D eigenvalue weighted by molar-refractivity contribution is 9.10. The second-order valence-corrected chi connectivity index (χ2v) is 8.80. The lowest BCUT2D eigenvalue weighted by molar-refractivity contribution is 0.896. The fourth-order valence-electron chi connectivity index (χ4n) is 3.41. The number of hydrogen-bond acceptors (Lipinski definition) is 1. The Morgan fingerprint density at radius 3 is 2.03 bits per heavy atom. The molecule has 0 spiro atoms. The van der Waals surface area contributed by atoms with Crippen molar-refractivity contribution in [2.24, 2.45) is 0 Å². The standard InChI is InChI=1S/C23H22BrNS.2C2H6/c1-3-4-13-26-19-10-12-23-21(15-19)20-14-16(2)5-11-22(20)25(23)18-8-6-17(24)7-9-18;2*1-2/h5-12,14-15H,3-4,13H2,1-2H3;2*1-2H3. The van der Waals surface area contributed by atoms with E-state index in [1.54, 1.807) is 0 Å². The summed E-state index contributed by atoms with van der Waals surface area (Å²) in [5, 5.41) is 2.67. The second-order valence-electron chi connectivity index (χ2n) is 6.71. The van der Waals surface area contributed by atoms with E-state index in [4.69, 9.17) is 0 Å². The molecule has 30 heavy (non-hydrogen) atoms. The quantitative estimate of drug-likeness (QED) is 0.202. The molecule has 0 bridgehead atoms. The van der Waals surface area contributed by atoms with Crippen molar-refractivity contribution in [3.05, 3.63) is 70.7 Å². The molecule has 0 N–H and O–H groups in total. The van der Waals surface area contributed by atoms with Crippen LogP contribution in [0.25, 0.3) is 27.5 Å². The Morgan fingerprint density at radius 1 is 0.800 bits per heavy atom. The molecule has 4 rings (SSSR count). The third-order valence-corrected chi connectivity index (χ3v) is 6.35. The summed E-state index contributed by atoms with van der Waals surface area (Å²) in [6.45, 7) is 12.4. The summed E-state index contributed by atoms with van der Waals surface area (Å²) in [5.74, 6) is 1.19. The fraction of sp³-hybridized carbons (Fsp3) is 0.333. The minimum absolute atomic E-state index is 1.10. The Labute approximate surface area is 195 Å². The van der Waals surface area contributed by atoms with Gasteiger partial charge in [-0.05, 0) is 73.7 Å². The van der Waals surface area contributed by atoms with Crippen LogP contribution in [0.3, 0.4) is 0 Å². The summed E-state index contributed by atoms with van der Waals surface area (Å²) in [4.78, 5) is 1.36. The van der Waals surface area contributed by atoms with E-state index in [1.165, 1.54) is 56.5 Å². The fourth-order valence-corrected chi connectivity index (χ4v) is 4.71. The first-order valence-electron chi connectivity index (χ1n) is 11.1. The lowest BCUT2D eigenvalue weighted by Crippen LogP contribution is -1.93. The van der Waals surface area contributed by atoms with Crippen LogP contribution in [0, 0.1) is 6.92 Å². The highest BCUT2D eigenvalue weighted by Crippen LogP contribution is 2.35. The van der Waals surface area contributed by atoms with Gasteiger partial charge in [0.25, 0.3) is 0 Å². The maximum Gasteiger partial charge on any atom is 0.0541 e. The molecule has 0 atom stereocenters. The monoisotopic (exact) mass is 483 g/mol. The van der Waals surface area contributed by atoms with Gasteiger partial charge in [0.15, 0.2) is 0 Å². The van der Waals surface area contributed by atoms with E-state index in [-0.39, 0.29) is 0 Å².